The maximum absolute atomic E-state index is 12.3. The van der Waals surface area contributed by atoms with E-state index >= 15 is 0 Å². The molecule has 3 heterocycles. The first-order valence-electron chi connectivity index (χ1n) is 7.98. The smallest absolute Gasteiger partial charge is 0.188 e. The number of aryl methyl sites for hydroxylation is 2. The number of fused-ring (bicyclic) bond motifs is 1. The second kappa shape index (κ2) is 5.98. The summed E-state index contributed by atoms with van der Waals surface area (Å²) < 4.78 is 3.61. The zero-order valence-electron chi connectivity index (χ0n) is 14.0. The second-order valence-electron chi connectivity index (χ2n) is 6.10. The van der Waals surface area contributed by atoms with E-state index in [9.17, 15) is 4.79 Å². The summed E-state index contributed by atoms with van der Waals surface area (Å²) in [6, 6.07) is 9.89. The molecule has 0 aliphatic rings. The number of hydrogen-bond donors (Lipinski definition) is 0. The Morgan fingerprint density at radius 1 is 1.08 bits per heavy atom. The summed E-state index contributed by atoms with van der Waals surface area (Å²) in [5.74, 6) is -0.0322. The predicted octanol–water partition coefficient (Wildman–Crippen LogP) is 2.79. The Balaban J connectivity index is 1.67. The molecule has 0 saturated carbocycles. The van der Waals surface area contributed by atoms with Crippen LogP contribution in [0.4, 0.5) is 0 Å². The average molecular weight is 331 g/mol. The molecule has 6 nitrogen and oxygen atoms in total. The fraction of sp³-hybridized carbons (Fsp3) is 0.158. The van der Waals surface area contributed by atoms with Crippen molar-refractivity contribution in [3.63, 3.8) is 0 Å². The van der Waals surface area contributed by atoms with Crippen molar-refractivity contribution in [2.45, 2.75) is 6.42 Å². The summed E-state index contributed by atoms with van der Waals surface area (Å²) in [6.45, 7) is 0. The van der Waals surface area contributed by atoms with Crippen LogP contribution in [0.2, 0.25) is 0 Å². The third kappa shape index (κ3) is 2.94. The lowest BCUT2D eigenvalue weighted by Crippen LogP contribution is -2.06. The van der Waals surface area contributed by atoms with Gasteiger partial charge in [-0.05, 0) is 23.6 Å². The van der Waals surface area contributed by atoms with Gasteiger partial charge in [0.05, 0.1) is 24.6 Å². The Labute approximate surface area is 144 Å². The summed E-state index contributed by atoms with van der Waals surface area (Å²) >= 11 is 0. The third-order valence-corrected chi connectivity index (χ3v) is 4.23. The van der Waals surface area contributed by atoms with Crippen molar-refractivity contribution in [2.75, 3.05) is 0 Å². The first kappa shape index (κ1) is 15.3. The van der Waals surface area contributed by atoms with Gasteiger partial charge in [0.25, 0.3) is 0 Å². The van der Waals surface area contributed by atoms with Crippen molar-refractivity contribution in [2.24, 2.45) is 14.1 Å². The molecule has 0 radical (unpaired) electrons. The zero-order valence-corrected chi connectivity index (χ0v) is 14.0. The largest absolute Gasteiger partial charge is 0.334 e. The molecule has 0 unspecified atom stereocenters. The van der Waals surface area contributed by atoms with Gasteiger partial charge in [-0.1, -0.05) is 12.1 Å². The molecule has 0 amide bonds. The van der Waals surface area contributed by atoms with E-state index in [-0.39, 0.29) is 12.2 Å². The predicted molar refractivity (Wildman–Crippen MR) is 95.2 cm³/mol. The maximum Gasteiger partial charge on any atom is 0.188 e. The number of benzene rings is 1. The normalized spacial score (nSPS) is 11.1. The van der Waals surface area contributed by atoms with Gasteiger partial charge in [-0.15, -0.1) is 0 Å². The van der Waals surface area contributed by atoms with Gasteiger partial charge >= 0.3 is 0 Å². The van der Waals surface area contributed by atoms with Gasteiger partial charge in [0.1, 0.15) is 5.69 Å². The number of pyridine rings is 1. The van der Waals surface area contributed by atoms with Crippen molar-refractivity contribution in [3.8, 4) is 11.3 Å². The van der Waals surface area contributed by atoms with Crippen molar-refractivity contribution in [1.82, 2.24) is 24.3 Å². The van der Waals surface area contributed by atoms with Crippen LogP contribution in [0.3, 0.4) is 0 Å². The highest BCUT2D eigenvalue weighted by Crippen LogP contribution is 2.24. The number of aromatic nitrogens is 5. The molecule has 4 aromatic rings. The fourth-order valence-electron chi connectivity index (χ4n) is 2.90. The van der Waals surface area contributed by atoms with E-state index in [1.54, 1.807) is 30.3 Å². The SMILES string of the molecule is Cn1ccc(C(=O)Cc2cc3cc(-c4cncn4C)ccc3cn2)n1. The van der Waals surface area contributed by atoms with Gasteiger partial charge in [0, 0.05) is 43.1 Å². The van der Waals surface area contributed by atoms with Crippen LogP contribution >= 0.6 is 0 Å². The molecule has 0 bridgehead atoms. The molecule has 124 valence electrons. The topological polar surface area (TPSA) is 65.6 Å². The van der Waals surface area contributed by atoms with Crippen LogP contribution in [0.15, 0.2) is 55.2 Å². The van der Waals surface area contributed by atoms with E-state index in [2.05, 4.69) is 27.2 Å². The highest BCUT2D eigenvalue weighted by molar-refractivity contribution is 5.96. The lowest BCUT2D eigenvalue weighted by atomic mass is 10.0. The number of ketones is 1. The molecular formula is C19H17N5O. The third-order valence-electron chi connectivity index (χ3n) is 4.23. The summed E-state index contributed by atoms with van der Waals surface area (Å²) in [7, 11) is 3.76. The van der Waals surface area contributed by atoms with E-state index in [4.69, 9.17) is 0 Å². The second-order valence-corrected chi connectivity index (χ2v) is 6.10. The molecule has 0 aliphatic carbocycles. The van der Waals surface area contributed by atoms with Gasteiger partial charge in [-0.3, -0.25) is 14.5 Å². The van der Waals surface area contributed by atoms with Gasteiger partial charge < -0.3 is 4.57 Å². The number of Topliss-reactive ketones (excluding diaryl/α,β-unsaturated/α-hetero) is 1. The molecule has 0 spiro atoms. The standard InChI is InChI=1S/C19H17N5O/c1-23-12-20-11-18(23)13-3-4-14-10-21-16(8-15(14)7-13)9-19(25)17-5-6-24(2)22-17/h3-8,10-12H,9H2,1-2H3. The van der Waals surface area contributed by atoms with Crippen molar-refractivity contribution in [1.29, 1.82) is 0 Å². The Morgan fingerprint density at radius 3 is 2.68 bits per heavy atom. The number of hydrogen-bond acceptors (Lipinski definition) is 4. The van der Waals surface area contributed by atoms with E-state index in [1.807, 2.05) is 36.1 Å². The molecule has 0 saturated heterocycles. The van der Waals surface area contributed by atoms with Crippen molar-refractivity contribution in [3.05, 3.63) is 66.6 Å². The summed E-state index contributed by atoms with van der Waals surface area (Å²) in [5.41, 5.74) is 3.34. The van der Waals surface area contributed by atoms with Crippen LogP contribution in [-0.2, 0) is 20.5 Å². The van der Waals surface area contributed by atoms with E-state index < -0.39 is 0 Å². The Kier molecular flexibility index (Phi) is 3.65. The van der Waals surface area contributed by atoms with Gasteiger partial charge in [0.15, 0.2) is 5.78 Å². The minimum atomic E-state index is -0.0322. The molecule has 1 aromatic carbocycles. The lowest BCUT2D eigenvalue weighted by Gasteiger charge is -2.06. The molecule has 3 aromatic heterocycles. The number of nitrogens with zero attached hydrogens (tertiary/aromatic N) is 5. The zero-order chi connectivity index (χ0) is 17.4. The quantitative estimate of drug-likeness (QED) is 0.539. The van der Waals surface area contributed by atoms with Crippen LogP contribution in [0.5, 0.6) is 0 Å². The van der Waals surface area contributed by atoms with Crippen LogP contribution in [0.25, 0.3) is 22.0 Å². The van der Waals surface area contributed by atoms with E-state index in [1.165, 1.54) is 0 Å². The molecule has 0 N–H and O–H groups in total. The van der Waals surface area contributed by atoms with E-state index in [0.717, 1.165) is 27.7 Å². The van der Waals surface area contributed by atoms with Crippen molar-refractivity contribution >= 4 is 16.6 Å². The molecule has 6 heteroatoms. The molecule has 0 atom stereocenters. The monoisotopic (exact) mass is 331 g/mol. The number of imidazole rings is 1. The lowest BCUT2D eigenvalue weighted by molar-refractivity contribution is 0.0986. The Hall–Kier alpha value is -3.28. The Bertz CT molecular complexity index is 1080. The molecule has 0 aliphatic heterocycles. The van der Waals surface area contributed by atoms with Crippen LogP contribution < -0.4 is 0 Å². The maximum atomic E-state index is 12.3. The highest BCUT2D eigenvalue weighted by atomic mass is 16.1. The van der Waals surface area contributed by atoms with Crippen molar-refractivity contribution < 1.29 is 4.79 Å². The molecule has 4 rings (SSSR count). The number of carbonyl (C=O) groups excluding carboxylic acids is 1. The Morgan fingerprint density at radius 2 is 1.96 bits per heavy atom. The minimum absolute atomic E-state index is 0.0322. The molecule has 25 heavy (non-hydrogen) atoms. The van der Waals surface area contributed by atoms with Gasteiger partial charge in [-0.25, -0.2) is 4.98 Å². The van der Waals surface area contributed by atoms with Crippen LogP contribution in [0.1, 0.15) is 16.2 Å². The van der Waals surface area contributed by atoms with Gasteiger partial charge in [-0.2, -0.15) is 5.10 Å². The van der Waals surface area contributed by atoms with Crippen LogP contribution in [-0.4, -0.2) is 30.1 Å². The molecular weight excluding hydrogens is 314 g/mol. The first-order chi connectivity index (χ1) is 12.1. The fourth-order valence-corrected chi connectivity index (χ4v) is 2.90. The first-order valence-corrected chi connectivity index (χ1v) is 7.98. The van der Waals surface area contributed by atoms with E-state index in [0.29, 0.717) is 5.69 Å². The summed E-state index contributed by atoms with van der Waals surface area (Å²) in [5, 5.41) is 6.25. The summed E-state index contributed by atoms with van der Waals surface area (Å²) in [4.78, 5) is 20.9. The number of rotatable bonds is 4. The van der Waals surface area contributed by atoms with Gasteiger partial charge in [0.2, 0.25) is 0 Å². The van der Waals surface area contributed by atoms with Crippen LogP contribution in [0, 0.1) is 0 Å². The average Bonchev–Trinajstić information content (AvgIpc) is 3.22. The summed E-state index contributed by atoms with van der Waals surface area (Å²) in [6.07, 6.45) is 7.43. The molecule has 0 fully saturated rings. The minimum Gasteiger partial charge on any atom is -0.334 e. The highest BCUT2D eigenvalue weighted by Gasteiger charge is 2.12. The number of carbonyl (C=O) groups is 1.